The molecule has 0 saturated heterocycles. The Kier molecular flexibility index (Phi) is 10.8. The Balaban J connectivity index is 3.33. The highest BCUT2D eigenvalue weighted by molar-refractivity contribution is 6.74. The summed E-state index contributed by atoms with van der Waals surface area (Å²) in [6.45, 7) is 13.7. The van der Waals surface area contributed by atoms with E-state index in [9.17, 15) is 0 Å². The van der Waals surface area contributed by atoms with Gasteiger partial charge in [-0.1, -0.05) is 46.5 Å². The molecule has 0 heterocycles. The average molecular weight is 305 g/mol. The molecule has 0 aliphatic heterocycles. The molecular weight excluding hydrogens is 268 g/mol. The van der Waals surface area contributed by atoms with Crippen molar-refractivity contribution in [1.82, 2.24) is 0 Å². The summed E-state index contributed by atoms with van der Waals surface area (Å²) in [5.74, 6) is 0. The van der Waals surface area contributed by atoms with Crippen molar-refractivity contribution in [3.63, 3.8) is 0 Å². The van der Waals surface area contributed by atoms with Crippen molar-refractivity contribution in [1.29, 1.82) is 0 Å². The van der Waals surface area contributed by atoms with Crippen LogP contribution in [0.1, 0.15) is 59.3 Å². The van der Waals surface area contributed by atoms with Gasteiger partial charge in [-0.05, 0) is 31.0 Å². The predicted molar refractivity (Wildman–Crippen MR) is 88.7 cm³/mol. The number of rotatable bonds is 12. The summed E-state index contributed by atoms with van der Waals surface area (Å²) in [6, 6.07) is 0. The fourth-order valence-electron chi connectivity index (χ4n) is 1.70. The number of hydrogen-bond donors (Lipinski definition) is 0. The van der Waals surface area contributed by atoms with Gasteiger partial charge in [0.1, 0.15) is 6.79 Å². The molecule has 20 heavy (non-hydrogen) atoms. The van der Waals surface area contributed by atoms with Crippen molar-refractivity contribution >= 4 is 8.32 Å². The molecule has 0 fully saturated rings. The molecule has 0 rings (SSSR count). The lowest BCUT2D eigenvalue weighted by Gasteiger charge is -2.36. The Morgan fingerprint density at radius 2 is 1.30 bits per heavy atom. The van der Waals surface area contributed by atoms with Crippen LogP contribution in [0.2, 0.25) is 18.1 Å². The van der Waals surface area contributed by atoms with Gasteiger partial charge in [0.2, 0.25) is 0 Å². The molecule has 0 saturated carbocycles. The van der Waals surface area contributed by atoms with E-state index in [-0.39, 0.29) is 0 Å². The van der Waals surface area contributed by atoms with Gasteiger partial charge in [0, 0.05) is 20.3 Å². The minimum Gasteiger partial charge on any atom is -0.417 e. The molecule has 0 bridgehead atoms. The van der Waals surface area contributed by atoms with Gasteiger partial charge in [-0.3, -0.25) is 0 Å². The van der Waals surface area contributed by atoms with E-state index in [1.165, 1.54) is 32.1 Å². The second kappa shape index (κ2) is 10.8. The van der Waals surface area contributed by atoms with Crippen LogP contribution < -0.4 is 0 Å². The molecule has 0 aromatic rings. The smallest absolute Gasteiger partial charge is 0.191 e. The van der Waals surface area contributed by atoms with Crippen LogP contribution in [0, 0.1) is 0 Å². The number of unbranched alkanes of at least 4 members (excludes halogenated alkanes) is 5. The summed E-state index contributed by atoms with van der Waals surface area (Å²) >= 11 is 0. The van der Waals surface area contributed by atoms with Crippen LogP contribution in [-0.4, -0.2) is 35.4 Å². The van der Waals surface area contributed by atoms with Gasteiger partial charge in [-0.15, -0.1) is 0 Å². The van der Waals surface area contributed by atoms with Crippen molar-refractivity contribution in [2.75, 3.05) is 27.1 Å². The van der Waals surface area contributed by atoms with Gasteiger partial charge in [0.05, 0.1) is 0 Å². The van der Waals surface area contributed by atoms with Gasteiger partial charge in [0.25, 0.3) is 0 Å². The van der Waals surface area contributed by atoms with Gasteiger partial charge in [-0.2, -0.15) is 0 Å². The molecule has 0 spiro atoms. The molecule has 0 unspecified atom stereocenters. The Morgan fingerprint density at radius 3 is 1.80 bits per heavy atom. The lowest BCUT2D eigenvalue weighted by atomic mass is 10.1. The number of hydrogen-bond acceptors (Lipinski definition) is 3. The first kappa shape index (κ1) is 20.1. The van der Waals surface area contributed by atoms with E-state index >= 15 is 0 Å². The van der Waals surface area contributed by atoms with Crippen LogP contribution in [0.4, 0.5) is 0 Å². The summed E-state index contributed by atoms with van der Waals surface area (Å²) in [7, 11) is 0.131. The zero-order chi connectivity index (χ0) is 15.5. The summed E-state index contributed by atoms with van der Waals surface area (Å²) in [4.78, 5) is 0. The van der Waals surface area contributed by atoms with Gasteiger partial charge < -0.3 is 13.9 Å². The first-order valence-electron chi connectivity index (χ1n) is 8.02. The highest BCUT2D eigenvalue weighted by Crippen LogP contribution is 2.36. The van der Waals surface area contributed by atoms with Gasteiger partial charge in [-0.25, -0.2) is 0 Å². The van der Waals surface area contributed by atoms with Crippen molar-refractivity contribution in [3.05, 3.63) is 0 Å². The third-order valence-electron chi connectivity index (χ3n) is 4.15. The van der Waals surface area contributed by atoms with E-state index in [2.05, 4.69) is 33.9 Å². The van der Waals surface area contributed by atoms with Crippen LogP contribution in [-0.2, 0) is 13.9 Å². The van der Waals surface area contributed by atoms with Crippen molar-refractivity contribution in [2.45, 2.75) is 77.4 Å². The van der Waals surface area contributed by atoms with Crippen LogP contribution in [0.25, 0.3) is 0 Å². The lowest BCUT2D eigenvalue weighted by molar-refractivity contribution is -0.0315. The fraction of sp³-hybridized carbons (Fsp3) is 1.00. The third-order valence-corrected chi connectivity index (χ3v) is 8.69. The highest BCUT2D eigenvalue weighted by Gasteiger charge is 2.36. The third kappa shape index (κ3) is 9.92. The van der Waals surface area contributed by atoms with E-state index in [0.29, 0.717) is 11.8 Å². The zero-order valence-corrected chi connectivity index (χ0v) is 15.6. The van der Waals surface area contributed by atoms with Crippen LogP contribution >= 0.6 is 0 Å². The quantitative estimate of drug-likeness (QED) is 0.289. The van der Waals surface area contributed by atoms with E-state index in [4.69, 9.17) is 13.9 Å². The minimum absolute atomic E-state index is 0.329. The molecule has 122 valence electrons. The van der Waals surface area contributed by atoms with Gasteiger partial charge in [0.15, 0.2) is 8.32 Å². The molecular formula is C16H36O3Si. The van der Waals surface area contributed by atoms with Crippen molar-refractivity contribution < 1.29 is 13.9 Å². The first-order chi connectivity index (χ1) is 9.31. The summed E-state index contributed by atoms with van der Waals surface area (Å²) in [5, 5.41) is 0.329. The van der Waals surface area contributed by atoms with E-state index in [1.54, 1.807) is 7.11 Å². The molecule has 0 aromatic heterocycles. The molecule has 3 nitrogen and oxygen atoms in total. The maximum absolute atomic E-state index is 6.17. The maximum atomic E-state index is 6.17. The molecule has 0 aromatic carbocycles. The van der Waals surface area contributed by atoms with Crippen molar-refractivity contribution in [3.8, 4) is 0 Å². The molecule has 0 radical (unpaired) electrons. The normalized spacial score (nSPS) is 12.9. The summed E-state index contributed by atoms with van der Waals surface area (Å²) < 4.78 is 16.3. The minimum atomic E-state index is -1.53. The molecule has 0 atom stereocenters. The second-order valence-electron chi connectivity index (χ2n) is 7.04. The van der Waals surface area contributed by atoms with Gasteiger partial charge >= 0.3 is 0 Å². The zero-order valence-electron chi connectivity index (χ0n) is 14.6. The van der Waals surface area contributed by atoms with Crippen LogP contribution in [0.3, 0.4) is 0 Å². The standard InChI is InChI=1S/C16H36O3Si/c1-16(2,3)20(5,6)19-14-12-10-8-7-9-11-13-18-15-17-4/h7-15H2,1-6H3. The second-order valence-corrected chi connectivity index (χ2v) is 11.9. The van der Waals surface area contributed by atoms with Crippen molar-refractivity contribution in [2.24, 2.45) is 0 Å². The maximum Gasteiger partial charge on any atom is 0.191 e. The Labute approximate surface area is 127 Å². The van der Waals surface area contributed by atoms with Crippen LogP contribution in [0.15, 0.2) is 0 Å². The molecule has 4 heteroatoms. The SMILES string of the molecule is COCOCCCCCCCCO[Si](C)(C)C(C)(C)C. The van der Waals surface area contributed by atoms with E-state index in [1.807, 2.05) is 0 Å². The largest absolute Gasteiger partial charge is 0.417 e. The summed E-state index contributed by atoms with van der Waals surface area (Å²) in [6.07, 6.45) is 7.50. The van der Waals surface area contributed by atoms with E-state index in [0.717, 1.165) is 19.6 Å². The molecule has 0 aliphatic carbocycles. The molecule has 0 N–H and O–H groups in total. The fourth-order valence-corrected chi connectivity index (χ4v) is 2.79. The highest BCUT2D eigenvalue weighted by atomic mass is 28.4. The number of methoxy groups -OCH3 is 1. The van der Waals surface area contributed by atoms with E-state index < -0.39 is 8.32 Å². The first-order valence-corrected chi connectivity index (χ1v) is 10.9. The summed E-state index contributed by atoms with van der Waals surface area (Å²) in [5.41, 5.74) is 0. The Bertz CT molecular complexity index is 224. The molecule has 0 amide bonds. The Hall–Kier alpha value is 0.0969. The lowest BCUT2D eigenvalue weighted by Crippen LogP contribution is -2.40. The Morgan fingerprint density at radius 1 is 0.800 bits per heavy atom. The monoisotopic (exact) mass is 304 g/mol. The van der Waals surface area contributed by atoms with Crippen LogP contribution in [0.5, 0.6) is 0 Å². The number of ether oxygens (including phenoxy) is 2. The average Bonchev–Trinajstić information content (AvgIpc) is 2.34. The predicted octanol–water partition coefficient (Wildman–Crippen LogP) is 4.97. The molecule has 0 aliphatic rings. The topological polar surface area (TPSA) is 27.7 Å².